The first-order valence-corrected chi connectivity index (χ1v) is 8.34. The zero-order valence-electron chi connectivity index (χ0n) is 11.8. The Bertz CT molecular complexity index is 758. The molecule has 3 nitrogen and oxygen atoms in total. The second-order valence-electron chi connectivity index (χ2n) is 4.74. The number of hydrogen-bond donors (Lipinski definition) is 1. The third-order valence-corrected chi connectivity index (χ3v) is 4.61. The highest BCUT2D eigenvalue weighted by Gasteiger charge is 2.06. The summed E-state index contributed by atoms with van der Waals surface area (Å²) in [7, 11) is 0. The van der Waals surface area contributed by atoms with Gasteiger partial charge in [-0.2, -0.15) is 5.10 Å². The maximum atomic E-state index is 4.59. The summed E-state index contributed by atoms with van der Waals surface area (Å²) in [6.07, 6.45) is 1.81. The van der Waals surface area contributed by atoms with E-state index in [0.717, 1.165) is 15.7 Å². The van der Waals surface area contributed by atoms with Crippen LogP contribution in [0.4, 0.5) is 5.13 Å². The quantitative estimate of drug-likeness (QED) is 0.547. The van der Waals surface area contributed by atoms with Crippen LogP contribution in [-0.4, -0.2) is 11.2 Å². The van der Waals surface area contributed by atoms with Crippen LogP contribution in [0.1, 0.15) is 16.0 Å². The van der Waals surface area contributed by atoms with E-state index in [1.165, 1.54) is 16.7 Å². The molecule has 2 aromatic heterocycles. The van der Waals surface area contributed by atoms with E-state index in [-0.39, 0.29) is 0 Å². The third-order valence-electron chi connectivity index (χ3n) is 3.06. The minimum absolute atomic E-state index is 0.804. The van der Waals surface area contributed by atoms with Gasteiger partial charge in [0, 0.05) is 15.8 Å². The highest BCUT2D eigenvalue weighted by Crippen LogP contribution is 2.27. The predicted molar refractivity (Wildman–Crippen MR) is 92.6 cm³/mol. The van der Waals surface area contributed by atoms with Crippen LogP contribution in [0.25, 0.3) is 11.3 Å². The molecule has 0 saturated carbocycles. The summed E-state index contributed by atoms with van der Waals surface area (Å²) in [5.41, 5.74) is 7.67. The molecule has 0 aliphatic rings. The van der Waals surface area contributed by atoms with Crippen LogP contribution in [0.5, 0.6) is 0 Å². The molecule has 0 fully saturated rings. The first kappa shape index (κ1) is 14.0. The summed E-state index contributed by atoms with van der Waals surface area (Å²) in [5.74, 6) is 0. The van der Waals surface area contributed by atoms with Gasteiger partial charge >= 0.3 is 0 Å². The van der Waals surface area contributed by atoms with Crippen LogP contribution in [-0.2, 0) is 0 Å². The molecule has 3 aromatic rings. The molecule has 0 saturated heterocycles. The fourth-order valence-electron chi connectivity index (χ4n) is 2.07. The van der Waals surface area contributed by atoms with Gasteiger partial charge in [-0.25, -0.2) is 4.98 Å². The fraction of sp³-hybridized carbons (Fsp3) is 0.125. The van der Waals surface area contributed by atoms with Gasteiger partial charge in [0.15, 0.2) is 0 Å². The van der Waals surface area contributed by atoms with Crippen LogP contribution < -0.4 is 5.43 Å². The minimum Gasteiger partial charge on any atom is -0.253 e. The molecule has 2 heterocycles. The van der Waals surface area contributed by atoms with Crippen molar-refractivity contribution in [3.63, 3.8) is 0 Å². The molecule has 1 N–H and O–H groups in total. The van der Waals surface area contributed by atoms with Gasteiger partial charge in [-0.3, -0.25) is 5.43 Å². The fourth-order valence-corrected chi connectivity index (χ4v) is 3.31. The number of rotatable bonds is 4. The van der Waals surface area contributed by atoms with Crippen LogP contribution in [0, 0.1) is 13.8 Å². The SMILES string of the molecule is Cc1ccc(-c2csc(N/N=C\c3cccs3)n2)c(C)c1. The van der Waals surface area contributed by atoms with Crippen molar-refractivity contribution in [1.82, 2.24) is 4.98 Å². The Labute approximate surface area is 132 Å². The molecule has 0 aliphatic carbocycles. The summed E-state index contributed by atoms with van der Waals surface area (Å²) < 4.78 is 0. The summed E-state index contributed by atoms with van der Waals surface area (Å²) in [5, 5.41) is 9.10. The molecule has 106 valence electrons. The maximum absolute atomic E-state index is 4.59. The highest BCUT2D eigenvalue weighted by molar-refractivity contribution is 7.14. The predicted octanol–water partition coefficient (Wildman–Crippen LogP) is 4.93. The zero-order valence-corrected chi connectivity index (χ0v) is 13.5. The Kier molecular flexibility index (Phi) is 4.13. The topological polar surface area (TPSA) is 37.3 Å². The minimum atomic E-state index is 0.804. The molecule has 3 rings (SSSR count). The Morgan fingerprint density at radius 3 is 2.86 bits per heavy atom. The molecule has 0 spiro atoms. The van der Waals surface area contributed by atoms with Crippen molar-refractivity contribution in [3.05, 3.63) is 57.1 Å². The number of hydrogen-bond acceptors (Lipinski definition) is 5. The summed E-state index contributed by atoms with van der Waals surface area (Å²) in [4.78, 5) is 5.71. The van der Waals surface area contributed by atoms with Gasteiger partial charge in [0.2, 0.25) is 5.13 Å². The number of nitrogens with one attached hydrogen (secondary N) is 1. The number of hydrazone groups is 1. The lowest BCUT2D eigenvalue weighted by atomic mass is 10.0. The Balaban J connectivity index is 1.74. The highest BCUT2D eigenvalue weighted by atomic mass is 32.1. The summed E-state index contributed by atoms with van der Waals surface area (Å²) >= 11 is 3.22. The van der Waals surface area contributed by atoms with E-state index in [4.69, 9.17) is 0 Å². The van der Waals surface area contributed by atoms with E-state index in [9.17, 15) is 0 Å². The van der Waals surface area contributed by atoms with E-state index >= 15 is 0 Å². The van der Waals surface area contributed by atoms with Gasteiger partial charge in [0.05, 0.1) is 11.9 Å². The first-order valence-electron chi connectivity index (χ1n) is 6.58. The molecule has 0 amide bonds. The van der Waals surface area contributed by atoms with Crippen molar-refractivity contribution in [2.75, 3.05) is 5.43 Å². The molecular formula is C16H15N3S2. The monoisotopic (exact) mass is 313 g/mol. The number of benzene rings is 1. The molecule has 0 aliphatic heterocycles. The molecule has 0 atom stereocenters. The first-order chi connectivity index (χ1) is 10.2. The van der Waals surface area contributed by atoms with E-state index in [2.05, 4.69) is 52.9 Å². The average molecular weight is 313 g/mol. The average Bonchev–Trinajstić information content (AvgIpc) is 3.10. The number of thiophene rings is 1. The standard InChI is InChI=1S/C16H15N3S2/c1-11-5-6-14(12(2)8-11)15-10-21-16(18-15)19-17-9-13-4-3-7-20-13/h3-10H,1-2H3,(H,18,19)/b17-9-. The van der Waals surface area contributed by atoms with E-state index in [0.29, 0.717) is 0 Å². The Hall–Kier alpha value is -1.98. The second-order valence-corrected chi connectivity index (χ2v) is 6.58. The van der Waals surface area contributed by atoms with Gasteiger partial charge in [0.25, 0.3) is 0 Å². The molecular weight excluding hydrogens is 298 g/mol. The number of anilines is 1. The number of nitrogens with zero attached hydrogens (tertiary/aromatic N) is 2. The molecule has 21 heavy (non-hydrogen) atoms. The second kappa shape index (κ2) is 6.20. The summed E-state index contributed by atoms with van der Waals surface area (Å²) in [6.45, 7) is 4.22. The van der Waals surface area contributed by atoms with Crippen molar-refractivity contribution in [3.8, 4) is 11.3 Å². The van der Waals surface area contributed by atoms with Crippen LogP contribution >= 0.6 is 22.7 Å². The zero-order chi connectivity index (χ0) is 14.7. The Morgan fingerprint density at radius 1 is 1.19 bits per heavy atom. The Morgan fingerprint density at radius 2 is 2.10 bits per heavy atom. The normalized spacial score (nSPS) is 11.1. The van der Waals surface area contributed by atoms with E-state index in [1.54, 1.807) is 22.7 Å². The van der Waals surface area contributed by atoms with E-state index < -0.39 is 0 Å². The van der Waals surface area contributed by atoms with Gasteiger partial charge in [-0.1, -0.05) is 29.8 Å². The van der Waals surface area contributed by atoms with Crippen LogP contribution in [0.15, 0.2) is 46.2 Å². The molecule has 1 aromatic carbocycles. The third kappa shape index (κ3) is 3.37. The van der Waals surface area contributed by atoms with E-state index in [1.807, 2.05) is 23.7 Å². The number of thiazole rings is 1. The van der Waals surface area contributed by atoms with Crippen LogP contribution in [0.2, 0.25) is 0 Å². The molecule has 0 bridgehead atoms. The smallest absolute Gasteiger partial charge is 0.203 e. The lowest BCUT2D eigenvalue weighted by Gasteiger charge is -2.03. The van der Waals surface area contributed by atoms with Crippen molar-refractivity contribution in [1.29, 1.82) is 0 Å². The maximum Gasteiger partial charge on any atom is 0.203 e. The molecule has 0 unspecified atom stereocenters. The van der Waals surface area contributed by atoms with Crippen molar-refractivity contribution in [2.24, 2.45) is 5.10 Å². The number of aromatic nitrogens is 1. The van der Waals surface area contributed by atoms with Crippen molar-refractivity contribution >= 4 is 34.0 Å². The summed E-state index contributed by atoms with van der Waals surface area (Å²) in [6, 6.07) is 10.4. The lowest BCUT2D eigenvalue weighted by Crippen LogP contribution is -1.89. The van der Waals surface area contributed by atoms with Crippen LogP contribution in [0.3, 0.4) is 0 Å². The van der Waals surface area contributed by atoms with Gasteiger partial charge in [-0.05, 0) is 30.9 Å². The molecule has 0 radical (unpaired) electrons. The van der Waals surface area contributed by atoms with Gasteiger partial charge < -0.3 is 0 Å². The van der Waals surface area contributed by atoms with Gasteiger partial charge in [-0.15, -0.1) is 22.7 Å². The van der Waals surface area contributed by atoms with Crippen molar-refractivity contribution < 1.29 is 0 Å². The van der Waals surface area contributed by atoms with Gasteiger partial charge in [0.1, 0.15) is 0 Å². The lowest BCUT2D eigenvalue weighted by molar-refractivity contribution is 1.28. The molecule has 5 heteroatoms. The largest absolute Gasteiger partial charge is 0.253 e. The number of aryl methyl sites for hydroxylation is 2. The van der Waals surface area contributed by atoms with Crippen molar-refractivity contribution in [2.45, 2.75) is 13.8 Å².